The highest BCUT2D eigenvalue weighted by molar-refractivity contribution is 5.00. The van der Waals surface area contributed by atoms with Crippen LogP contribution in [0.5, 0.6) is 0 Å². The molecule has 72 valence electrons. The van der Waals surface area contributed by atoms with E-state index >= 15 is 0 Å². The first kappa shape index (κ1) is 8.97. The van der Waals surface area contributed by atoms with E-state index in [1.54, 1.807) is 0 Å². The zero-order valence-electron chi connectivity index (χ0n) is 7.87. The Kier molecular flexibility index (Phi) is 2.81. The van der Waals surface area contributed by atoms with Gasteiger partial charge in [0, 0.05) is 5.41 Å². The van der Waals surface area contributed by atoms with Crippen molar-refractivity contribution in [3.05, 3.63) is 24.3 Å². The molecule has 2 heterocycles. The Hall–Kier alpha value is -0.600. The average Bonchev–Trinajstić information content (AvgIpc) is 2.50. The fraction of sp³-hybridized carbons (Fsp3) is 0.636. The van der Waals surface area contributed by atoms with Gasteiger partial charge in [0.05, 0.1) is 26.4 Å². The summed E-state index contributed by atoms with van der Waals surface area (Å²) in [6, 6.07) is 0. The summed E-state index contributed by atoms with van der Waals surface area (Å²) >= 11 is 0. The zero-order chi connectivity index (χ0) is 8.99. The van der Waals surface area contributed by atoms with Crippen LogP contribution in [-0.2, 0) is 9.47 Å². The van der Waals surface area contributed by atoms with E-state index in [2.05, 4.69) is 24.3 Å². The minimum atomic E-state index is 0.208. The lowest BCUT2D eigenvalue weighted by Crippen LogP contribution is -2.30. The topological polar surface area (TPSA) is 18.5 Å². The van der Waals surface area contributed by atoms with Gasteiger partial charge in [-0.05, 0) is 12.8 Å². The molecule has 0 fully saturated rings. The molecule has 0 saturated heterocycles. The third-order valence-electron chi connectivity index (χ3n) is 2.68. The second-order valence-electron chi connectivity index (χ2n) is 3.88. The van der Waals surface area contributed by atoms with E-state index in [4.69, 9.17) is 9.47 Å². The Morgan fingerprint density at radius 3 is 1.85 bits per heavy atom. The van der Waals surface area contributed by atoms with Crippen LogP contribution in [0.3, 0.4) is 0 Å². The Morgan fingerprint density at radius 1 is 0.769 bits per heavy atom. The minimum Gasteiger partial charge on any atom is -0.377 e. The summed E-state index contributed by atoms with van der Waals surface area (Å²) in [4.78, 5) is 0. The molecule has 0 unspecified atom stereocenters. The van der Waals surface area contributed by atoms with Crippen LogP contribution in [-0.4, -0.2) is 26.4 Å². The molecule has 2 rings (SSSR count). The fourth-order valence-electron chi connectivity index (χ4n) is 1.85. The van der Waals surface area contributed by atoms with Crippen molar-refractivity contribution in [1.29, 1.82) is 0 Å². The van der Waals surface area contributed by atoms with Gasteiger partial charge in [0.2, 0.25) is 0 Å². The lowest BCUT2D eigenvalue weighted by atomic mass is 9.83. The molecule has 0 N–H and O–H groups in total. The Bertz CT molecular complexity index is 194. The maximum Gasteiger partial charge on any atom is 0.0647 e. The molecule has 0 aromatic heterocycles. The van der Waals surface area contributed by atoms with Gasteiger partial charge in [-0.15, -0.1) is 0 Å². The standard InChI is InChI=1S/C11H16O2/c1-3-7-12-9-11(5-1)6-2-4-8-13-10-11/h1-4H,5-10H2. The van der Waals surface area contributed by atoms with Crippen molar-refractivity contribution in [3.8, 4) is 0 Å². The van der Waals surface area contributed by atoms with E-state index in [0.29, 0.717) is 0 Å². The predicted molar refractivity (Wildman–Crippen MR) is 51.6 cm³/mol. The van der Waals surface area contributed by atoms with Crippen LogP contribution in [0.4, 0.5) is 0 Å². The summed E-state index contributed by atoms with van der Waals surface area (Å²) in [7, 11) is 0. The summed E-state index contributed by atoms with van der Waals surface area (Å²) in [5, 5.41) is 0. The van der Waals surface area contributed by atoms with Crippen LogP contribution >= 0.6 is 0 Å². The molecule has 0 aromatic carbocycles. The SMILES string of the molecule is C1=CCC2(CC=CCOC2)COC1. The molecule has 0 bridgehead atoms. The zero-order valence-corrected chi connectivity index (χ0v) is 7.87. The Labute approximate surface area is 79.2 Å². The summed E-state index contributed by atoms with van der Waals surface area (Å²) in [5.41, 5.74) is 0.208. The van der Waals surface area contributed by atoms with E-state index in [-0.39, 0.29) is 5.41 Å². The van der Waals surface area contributed by atoms with Gasteiger partial charge in [-0.2, -0.15) is 0 Å². The lowest BCUT2D eigenvalue weighted by Gasteiger charge is -2.28. The molecular weight excluding hydrogens is 164 g/mol. The Morgan fingerprint density at radius 2 is 1.31 bits per heavy atom. The van der Waals surface area contributed by atoms with Crippen molar-refractivity contribution in [2.75, 3.05) is 26.4 Å². The molecule has 0 amide bonds. The number of allylic oxidation sites excluding steroid dienone is 2. The second-order valence-corrected chi connectivity index (χ2v) is 3.88. The molecule has 2 heteroatoms. The van der Waals surface area contributed by atoms with E-state index in [0.717, 1.165) is 39.3 Å². The number of hydrogen-bond acceptors (Lipinski definition) is 2. The van der Waals surface area contributed by atoms with Gasteiger partial charge >= 0.3 is 0 Å². The Balaban J connectivity index is 2.07. The quantitative estimate of drug-likeness (QED) is 0.530. The van der Waals surface area contributed by atoms with Gasteiger partial charge in [0.15, 0.2) is 0 Å². The van der Waals surface area contributed by atoms with Crippen LogP contribution in [0.15, 0.2) is 24.3 Å². The van der Waals surface area contributed by atoms with Crippen molar-refractivity contribution in [2.45, 2.75) is 12.8 Å². The third kappa shape index (κ3) is 2.20. The predicted octanol–water partition coefficient (Wildman–Crippen LogP) is 1.93. The number of rotatable bonds is 0. The van der Waals surface area contributed by atoms with Crippen LogP contribution in [0.2, 0.25) is 0 Å². The third-order valence-corrected chi connectivity index (χ3v) is 2.68. The van der Waals surface area contributed by atoms with Gasteiger partial charge in [0.1, 0.15) is 0 Å². The van der Waals surface area contributed by atoms with E-state index < -0.39 is 0 Å². The highest BCUT2D eigenvalue weighted by Crippen LogP contribution is 2.31. The van der Waals surface area contributed by atoms with Gasteiger partial charge in [-0.25, -0.2) is 0 Å². The molecule has 2 aliphatic heterocycles. The van der Waals surface area contributed by atoms with Crippen molar-refractivity contribution in [2.24, 2.45) is 5.41 Å². The van der Waals surface area contributed by atoms with Gasteiger partial charge < -0.3 is 9.47 Å². The lowest BCUT2D eigenvalue weighted by molar-refractivity contribution is 0.00278. The first-order valence-corrected chi connectivity index (χ1v) is 4.87. The molecule has 0 aromatic rings. The van der Waals surface area contributed by atoms with Crippen LogP contribution in [0, 0.1) is 5.41 Å². The molecule has 13 heavy (non-hydrogen) atoms. The monoisotopic (exact) mass is 180 g/mol. The molecular formula is C11H16O2. The highest BCUT2D eigenvalue weighted by atomic mass is 16.5. The number of ether oxygens (including phenoxy) is 2. The first-order valence-electron chi connectivity index (χ1n) is 4.87. The first-order chi connectivity index (χ1) is 6.41. The summed E-state index contributed by atoms with van der Waals surface area (Å²) in [6.07, 6.45) is 10.8. The van der Waals surface area contributed by atoms with Gasteiger partial charge in [-0.3, -0.25) is 0 Å². The molecule has 0 saturated carbocycles. The van der Waals surface area contributed by atoms with Crippen molar-refractivity contribution in [1.82, 2.24) is 0 Å². The van der Waals surface area contributed by atoms with Gasteiger partial charge in [-0.1, -0.05) is 24.3 Å². The highest BCUT2D eigenvalue weighted by Gasteiger charge is 2.30. The van der Waals surface area contributed by atoms with Crippen LogP contribution in [0.25, 0.3) is 0 Å². The largest absolute Gasteiger partial charge is 0.377 e. The minimum absolute atomic E-state index is 0.208. The molecule has 2 nitrogen and oxygen atoms in total. The van der Waals surface area contributed by atoms with Gasteiger partial charge in [0.25, 0.3) is 0 Å². The van der Waals surface area contributed by atoms with Crippen molar-refractivity contribution >= 4 is 0 Å². The normalized spacial score (nSPS) is 27.1. The van der Waals surface area contributed by atoms with Crippen molar-refractivity contribution in [3.63, 3.8) is 0 Å². The van der Waals surface area contributed by atoms with Crippen LogP contribution in [0.1, 0.15) is 12.8 Å². The van der Waals surface area contributed by atoms with E-state index in [1.165, 1.54) is 0 Å². The summed E-state index contributed by atoms with van der Waals surface area (Å²) in [5.74, 6) is 0. The van der Waals surface area contributed by atoms with E-state index in [1.807, 2.05) is 0 Å². The molecule has 1 spiro atoms. The number of hydrogen-bond donors (Lipinski definition) is 0. The smallest absolute Gasteiger partial charge is 0.0647 e. The molecule has 2 aliphatic rings. The van der Waals surface area contributed by atoms with E-state index in [9.17, 15) is 0 Å². The summed E-state index contributed by atoms with van der Waals surface area (Å²) in [6.45, 7) is 3.16. The maximum atomic E-state index is 5.54. The van der Waals surface area contributed by atoms with Crippen LogP contribution < -0.4 is 0 Å². The van der Waals surface area contributed by atoms with Crippen molar-refractivity contribution < 1.29 is 9.47 Å². The molecule has 0 aliphatic carbocycles. The second kappa shape index (κ2) is 4.07. The fourth-order valence-corrected chi connectivity index (χ4v) is 1.85. The molecule has 0 atom stereocenters. The molecule has 0 radical (unpaired) electrons. The maximum absolute atomic E-state index is 5.54. The average molecular weight is 180 g/mol. The summed E-state index contributed by atoms with van der Waals surface area (Å²) < 4.78 is 11.1.